The van der Waals surface area contributed by atoms with Crippen molar-refractivity contribution in [2.45, 2.75) is 19.4 Å². The normalized spacial score (nSPS) is 17.8. The molecule has 0 radical (unpaired) electrons. The van der Waals surface area contributed by atoms with Gasteiger partial charge in [0.25, 0.3) is 5.91 Å². The van der Waals surface area contributed by atoms with Gasteiger partial charge in [0, 0.05) is 24.4 Å². The monoisotopic (exact) mass is 318 g/mol. The van der Waals surface area contributed by atoms with Crippen molar-refractivity contribution in [1.82, 2.24) is 0 Å². The van der Waals surface area contributed by atoms with Crippen LogP contribution in [0.25, 0.3) is 0 Å². The van der Waals surface area contributed by atoms with Crippen molar-refractivity contribution in [1.29, 1.82) is 0 Å². The van der Waals surface area contributed by atoms with Crippen LogP contribution in [0.4, 0.5) is 11.4 Å². The van der Waals surface area contributed by atoms with Crippen LogP contribution in [0.3, 0.4) is 0 Å². The van der Waals surface area contributed by atoms with Gasteiger partial charge in [-0.3, -0.25) is 14.7 Å². The van der Waals surface area contributed by atoms with E-state index in [-0.39, 0.29) is 11.9 Å². The molecule has 1 amide bonds. The highest BCUT2D eigenvalue weighted by molar-refractivity contribution is 6.14. The van der Waals surface area contributed by atoms with Crippen LogP contribution in [0.1, 0.15) is 22.8 Å². The van der Waals surface area contributed by atoms with Crippen LogP contribution in [0.15, 0.2) is 59.6 Å². The first-order chi connectivity index (χ1) is 11.6. The molecule has 4 nitrogen and oxygen atoms in total. The van der Waals surface area contributed by atoms with E-state index in [9.17, 15) is 4.79 Å². The van der Waals surface area contributed by atoms with Crippen LogP contribution in [0, 0.1) is 0 Å². The van der Waals surface area contributed by atoms with Crippen molar-refractivity contribution in [3.8, 4) is 5.75 Å². The maximum absolute atomic E-state index is 13.0. The summed E-state index contributed by atoms with van der Waals surface area (Å²) >= 11 is 0. The van der Waals surface area contributed by atoms with Gasteiger partial charge in [0.15, 0.2) is 0 Å². The van der Waals surface area contributed by atoms with Gasteiger partial charge in [0.1, 0.15) is 12.4 Å². The van der Waals surface area contributed by atoms with Gasteiger partial charge in [-0.05, 0) is 36.3 Å². The Kier molecular flexibility index (Phi) is 3.45. The maximum Gasteiger partial charge on any atom is 0.261 e. The molecular formula is C20H18N2O2. The quantitative estimate of drug-likeness (QED) is 0.805. The smallest absolute Gasteiger partial charge is 0.261 e. The Labute approximate surface area is 141 Å². The number of amides is 1. The van der Waals surface area contributed by atoms with Crippen molar-refractivity contribution in [2.75, 3.05) is 11.5 Å². The second kappa shape index (κ2) is 5.64. The summed E-state index contributed by atoms with van der Waals surface area (Å²) in [5.41, 5.74) is 4.38. The Morgan fingerprint density at radius 1 is 1.33 bits per heavy atom. The Bertz CT molecular complexity index is 870. The summed E-state index contributed by atoms with van der Waals surface area (Å²) in [5, 5.41) is 0. The van der Waals surface area contributed by atoms with Gasteiger partial charge in [-0.1, -0.05) is 24.8 Å². The molecular weight excluding hydrogens is 300 g/mol. The average Bonchev–Trinajstić information content (AvgIpc) is 2.89. The van der Waals surface area contributed by atoms with Crippen molar-refractivity contribution in [3.63, 3.8) is 0 Å². The third-order valence-corrected chi connectivity index (χ3v) is 4.30. The molecule has 2 aromatic rings. The van der Waals surface area contributed by atoms with Crippen LogP contribution in [0.2, 0.25) is 0 Å². The minimum Gasteiger partial charge on any atom is -0.489 e. The Morgan fingerprint density at radius 3 is 3.00 bits per heavy atom. The molecule has 0 aliphatic carbocycles. The number of carbonyl (C=O) groups excluding carboxylic acids is 1. The first kappa shape index (κ1) is 14.7. The van der Waals surface area contributed by atoms with Gasteiger partial charge in [-0.2, -0.15) is 0 Å². The van der Waals surface area contributed by atoms with E-state index in [0.29, 0.717) is 23.6 Å². The molecule has 0 saturated carbocycles. The average molecular weight is 318 g/mol. The van der Waals surface area contributed by atoms with Gasteiger partial charge in [-0.15, -0.1) is 0 Å². The highest BCUT2D eigenvalue weighted by Gasteiger charge is 2.35. The number of fused-ring (bicyclic) bond motifs is 4. The standard InChI is InChI=1S/C20H18N2O2/c1-13(2)12-24-16-7-8-17-18(10-16)21-11-15-9-14-5-3-4-6-19(14)22(15)20(17)23/h3-8,10-11,15H,1,9,12H2,2H3. The lowest BCUT2D eigenvalue weighted by atomic mass is 10.1. The fourth-order valence-corrected chi connectivity index (χ4v) is 3.18. The number of anilines is 1. The zero-order valence-electron chi connectivity index (χ0n) is 13.5. The molecule has 1 atom stereocenters. The van der Waals surface area contributed by atoms with E-state index in [4.69, 9.17) is 4.74 Å². The number of aliphatic imine (C=N–C) groups is 1. The number of benzene rings is 2. The minimum atomic E-state index is -0.0258. The number of carbonyl (C=O) groups is 1. The topological polar surface area (TPSA) is 41.9 Å². The fraction of sp³-hybridized carbons (Fsp3) is 0.200. The lowest BCUT2D eigenvalue weighted by molar-refractivity contribution is 0.0987. The molecule has 0 saturated heterocycles. The third kappa shape index (κ3) is 2.40. The predicted octanol–water partition coefficient (Wildman–Crippen LogP) is 3.93. The van der Waals surface area contributed by atoms with E-state index in [0.717, 1.165) is 17.7 Å². The van der Waals surface area contributed by atoms with Crippen molar-refractivity contribution < 1.29 is 9.53 Å². The Balaban J connectivity index is 1.71. The van der Waals surface area contributed by atoms with Gasteiger partial charge >= 0.3 is 0 Å². The lowest BCUT2D eigenvalue weighted by Gasteiger charge is -2.21. The second-order valence-corrected chi connectivity index (χ2v) is 6.28. The molecule has 0 spiro atoms. The van der Waals surface area contributed by atoms with Crippen molar-refractivity contribution in [3.05, 3.63) is 65.7 Å². The summed E-state index contributed by atoms with van der Waals surface area (Å²) < 4.78 is 5.66. The van der Waals surface area contributed by atoms with Gasteiger partial charge in [0.05, 0.1) is 17.3 Å². The number of rotatable bonds is 3. The first-order valence-corrected chi connectivity index (χ1v) is 8.00. The van der Waals surface area contributed by atoms with Gasteiger partial charge < -0.3 is 4.74 Å². The van der Waals surface area contributed by atoms with Gasteiger partial charge in [-0.25, -0.2) is 0 Å². The molecule has 0 N–H and O–H groups in total. The number of hydrogen-bond donors (Lipinski definition) is 0. The predicted molar refractivity (Wildman–Crippen MR) is 95.6 cm³/mol. The molecule has 4 heteroatoms. The largest absolute Gasteiger partial charge is 0.489 e. The molecule has 0 bridgehead atoms. The molecule has 0 aromatic heterocycles. The van der Waals surface area contributed by atoms with Crippen molar-refractivity contribution in [2.24, 2.45) is 4.99 Å². The highest BCUT2D eigenvalue weighted by Crippen LogP contribution is 2.37. The Morgan fingerprint density at radius 2 is 2.17 bits per heavy atom. The van der Waals surface area contributed by atoms with Crippen LogP contribution < -0.4 is 9.64 Å². The number of para-hydroxylation sites is 1. The molecule has 2 aliphatic heterocycles. The number of hydrogen-bond acceptors (Lipinski definition) is 3. The zero-order chi connectivity index (χ0) is 16.7. The molecule has 2 heterocycles. The summed E-state index contributed by atoms with van der Waals surface area (Å²) in [6.45, 7) is 6.20. The SMILES string of the molecule is C=C(C)COc1ccc2c(c1)N=CC1Cc3ccccc3N1C2=O. The summed E-state index contributed by atoms with van der Waals surface area (Å²) in [7, 11) is 0. The Hall–Kier alpha value is -2.88. The summed E-state index contributed by atoms with van der Waals surface area (Å²) in [6.07, 6.45) is 2.67. The second-order valence-electron chi connectivity index (χ2n) is 6.28. The van der Waals surface area contributed by atoms with Crippen LogP contribution >= 0.6 is 0 Å². The maximum atomic E-state index is 13.0. The molecule has 0 fully saturated rings. The van der Waals surface area contributed by atoms with Gasteiger partial charge in [0.2, 0.25) is 0 Å². The van der Waals surface area contributed by atoms with E-state index in [1.54, 1.807) is 6.07 Å². The van der Waals surface area contributed by atoms with E-state index in [2.05, 4.69) is 17.6 Å². The number of nitrogens with zero attached hydrogens (tertiary/aromatic N) is 2. The summed E-state index contributed by atoms with van der Waals surface area (Å²) in [4.78, 5) is 19.5. The fourth-order valence-electron chi connectivity index (χ4n) is 3.18. The molecule has 4 rings (SSSR count). The zero-order valence-corrected chi connectivity index (χ0v) is 13.5. The minimum absolute atomic E-state index is 0.0103. The van der Waals surface area contributed by atoms with E-state index >= 15 is 0 Å². The van der Waals surface area contributed by atoms with Crippen LogP contribution in [-0.4, -0.2) is 24.8 Å². The number of ether oxygens (including phenoxy) is 1. The van der Waals surface area contributed by atoms with Crippen LogP contribution in [-0.2, 0) is 6.42 Å². The summed E-state index contributed by atoms with van der Waals surface area (Å²) in [5.74, 6) is 0.688. The molecule has 1 unspecified atom stereocenters. The van der Waals surface area contributed by atoms with E-state index < -0.39 is 0 Å². The van der Waals surface area contributed by atoms with Crippen molar-refractivity contribution >= 4 is 23.5 Å². The highest BCUT2D eigenvalue weighted by atomic mass is 16.5. The van der Waals surface area contributed by atoms with E-state index in [1.165, 1.54) is 5.56 Å². The lowest BCUT2D eigenvalue weighted by Crippen LogP contribution is -2.37. The molecule has 2 aliphatic rings. The van der Waals surface area contributed by atoms with E-state index in [1.807, 2.05) is 48.4 Å². The summed E-state index contributed by atoms with van der Waals surface area (Å²) in [6, 6.07) is 13.4. The first-order valence-electron chi connectivity index (χ1n) is 8.00. The third-order valence-electron chi connectivity index (χ3n) is 4.30. The molecule has 24 heavy (non-hydrogen) atoms. The molecule has 120 valence electrons. The van der Waals surface area contributed by atoms with Crippen LogP contribution in [0.5, 0.6) is 5.75 Å². The molecule has 2 aromatic carbocycles.